The van der Waals surface area contributed by atoms with E-state index in [0.29, 0.717) is 11.6 Å². The molecule has 130 valence electrons. The van der Waals surface area contributed by atoms with E-state index in [2.05, 4.69) is 15.5 Å². The standard InChI is InChI=1S/C17H19N5O3/c1-12-14(4-8-24-12)15-9-16(20-25-15)19-17(23)22-6-2-3-13(22)10-21-7-5-18-11-21/h4-5,7-9,11,13H,2-3,6,10H2,1H3,(H,19,20,23)/t13-/m0/s1. The Morgan fingerprint density at radius 3 is 3.16 bits per heavy atom. The lowest BCUT2D eigenvalue weighted by molar-refractivity contribution is 0.201. The number of nitrogens with one attached hydrogen (secondary N) is 1. The molecule has 1 atom stereocenters. The van der Waals surface area contributed by atoms with Crippen molar-refractivity contribution in [1.82, 2.24) is 19.6 Å². The molecular formula is C17H19N5O3. The van der Waals surface area contributed by atoms with Crippen molar-refractivity contribution < 1.29 is 13.7 Å². The van der Waals surface area contributed by atoms with Gasteiger partial charge in [-0.25, -0.2) is 9.78 Å². The molecule has 0 saturated carbocycles. The first-order valence-electron chi connectivity index (χ1n) is 8.25. The van der Waals surface area contributed by atoms with Crippen LogP contribution in [-0.4, -0.2) is 38.2 Å². The van der Waals surface area contributed by atoms with Gasteiger partial charge in [0.2, 0.25) is 0 Å². The summed E-state index contributed by atoms with van der Waals surface area (Å²) in [5, 5.41) is 6.76. The van der Waals surface area contributed by atoms with Crippen molar-refractivity contribution in [2.24, 2.45) is 0 Å². The third kappa shape index (κ3) is 3.15. The summed E-state index contributed by atoms with van der Waals surface area (Å²) >= 11 is 0. The predicted molar refractivity (Wildman–Crippen MR) is 89.9 cm³/mol. The molecule has 8 heteroatoms. The van der Waals surface area contributed by atoms with Crippen LogP contribution in [0.25, 0.3) is 11.3 Å². The number of anilines is 1. The van der Waals surface area contributed by atoms with Gasteiger partial charge in [0.25, 0.3) is 0 Å². The minimum Gasteiger partial charge on any atom is -0.469 e. The van der Waals surface area contributed by atoms with Gasteiger partial charge in [-0.3, -0.25) is 5.32 Å². The highest BCUT2D eigenvalue weighted by molar-refractivity contribution is 5.89. The van der Waals surface area contributed by atoms with E-state index in [9.17, 15) is 4.79 Å². The second-order valence-corrected chi connectivity index (χ2v) is 6.15. The summed E-state index contributed by atoms with van der Waals surface area (Å²) in [7, 11) is 0. The number of imidazole rings is 1. The van der Waals surface area contributed by atoms with E-state index in [-0.39, 0.29) is 12.1 Å². The highest BCUT2D eigenvalue weighted by Gasteiger charge is 2.29. The van der Waals surface area contributed by atoms with Crippen molar-refractivity contribution in [3.63, 3.8) is 0 Å². The van der Waals surface area contributed by atoms with Gasteiger partial charge in [-0.15, -0.1) is 0 Å². The zero-order valence-electron chi connectivity index (χ0n) is 13.9. The van der Waals surface area contributed by atoms with Crippen molar-refractivity contribution in [3.05, 3.63) is 42.9 Å². The average Bonchev–Trinajstić information content (AvgIpc) is 3.35. The highest BCUT2D eigenvalue weighted by atomic mass is 16.5. The highest BCUT2D eigenvalue weighted by Crippen LogP contribution is 2.27. The Balaban J connectivity index is 1.43. The molecule has 3 aromatic rings. The summed E-state index contributed by atoms with van der Waals surface area (Å²) < 4.78 is 12.6. The normalized spacial score (nSPS) is 17.2. The smallest absolute Gasteiger partial charge is 0.323 e. The number of aromatic nitrogens is 3. The summed E-state index contributed by atoms with van der Waals surface area (Å²) in [5.74, 6) is 1.71. The van der Waals surface area contributed by atoms with Gasteiger partial charge in [0, 0.05) is 31.5 Å². The van der Waals surface area contributed by atoms with Crippen molar-refractivity contribution in [2.75, 3.05) is 11.9 Å². The Morgan fingerprint density at radius 2 is 2.40 bits per heavy atom. The number of furan rings is 1. The molecule has 8 nitrogen and oxygen atoms in total. The van der Waals surface area contributed by atoms with Gasteiger partial charge in [0.15, 0.2) is 11.6 Å². The molecular weight excluding hydrogens is 322 g/mol. The zero-order valence-corrected chi connectivity index (χ0v) is 13.9. The fourth-order valence-electron chi connectivity index (χ4n) is 3.21. The number of likely N-dealkylation sites (tertiary alicyclic amines) is 1. The third-order valence-electron chi connectivity index (χ3n) is 4.49. The first kappa shape index (κ1) is 15.5. The summed E-state index contributed by atoms with van der Waals surface area (Å²) in [4.78, 5) is 18.5. The summed E-state index contributed by atoms with van der Waals surface area (Å²) in [6.45, 7) is 3.32. The number of carbonyl (C=O) groups is 1. The molecule has 2 amide bonds. The maximum atomic E-state index is 12.6. The van der Waals surface area contributed by atoms with E-state index >= 15 is 0 Å². The number of hydrogen-bond acceptors (Lipinski definition) is 5. The van der Waals surface area contributed by atoms with E-state index in [4.69, 9.17) is 8.94 Å². The van der Waals surface area contributed by atoms with E-state index in [1.165, 1.54) is 0 Å². The number of urea groups is 1. The second-order valence-electron chi connectivity index (χ2n) is 6.15. The first-order chi connectivity index (χ1) is 12.2. The van der Waals surface area contributed by atoms with Crippen molar-refractivity contribution in [1.29, 1.82) is 0 Å². The number of rotatable bonds is 4. The van der Waals surface area contributed by atoms with E-state index in [1.807, 2.05) is 28.7 Å². The average molecular weight is 341 g/mol. The van der Waals surface area contributed by atoms with E-state index in [1.54, 1.807) is 24.9 Å². The fraction of sp³-hybridized carbons (Fsp3) is 0.353. The Bertz CT molecular complexity index is 851. The van der Waals surface area contributed by atoms with Gasteiger partial charge in [0.05, 0.1) is 24.2 Å². The van der Waals surface area contributed by atoms with Crippen LogP contribution in [0, 0.1) is 6.92 Å². The van der Waals surface area contributed by atoms with Gasteiger partial charge in [-0.2, -0.15) is 0 Å². The van der Waals surface area contributed by atoms with Crippen LogP contribution >= 0.6 is 0 Å². The molecule has 4 heterocycles. The van der Waals surface area contributed by atoms with E-state index in [0.717, 1.165) is 37.3 Å². The minimum atomic E-state index is -0.161. The van der Waals surface area contributed by atoms with Crippen LogP contribution in [0.3, 0.4) is 0 Å². The van der Waals surface area contributed by atoms with Crippen LogP contribution in [0.5, 0.6) is 0 Å². The number of nitrogens with zero attached hydrogens (tertiary/aromatic N) is 4. The quantitative estimate of drug-likeness (QED) is 0.787. The molecule has 1 fully saturated rings. The Hall–Kier alpha value is -3.03. The van der Waals surface area contributed by atoms with E-state index < -0.39 is 0 Å². The number of aryl methyl sites for hydroxylation is 1. The maximum absolute atomic E-state index is 12.6. The summed E-state index contributed by atoms with van der Waals surface area (Å²) in [5.41, 5.74) is 0.826. The molecule has 0 spiro atoms. The molecule has 1 aliphatic heterocycles. The molecule has 1 N–H and O–H groups in total. The lowest BCUT2D eigenvalue weighted by atomic mass is 10.2. The van der Waals surface area contributed by atoms with Gasteiger partial charge in [-0.05, 0) is 25.8 Å². The van der Waals surface area contributed by atoms with Crippen LogP contribution < -0.4 is 5.32 Å². The van der Waals surface area contributed by atoms with Crippen LogP contribution in [0.1, 0.15) is 18.6 Å². The predicted octanol–water partition coefficient (Wildman–Crippen LogP) is 3.14. The van der Waals surface area contributed by atoms with Gasteiger partial charge in [0.1, 0.15) is 5.76 Å². The molecule has 4 rings (SSSR count). The monoisotopic (exact) mass is 341 g/mol. The molecule has 1 aliphatic rings. The van der Waals surface area contributed by atoms with Crippen molar-refractivity contribution in [3.8, 4) is 11.3 Å². The largest absolute Gasteiger partial charge is 0.469 e. The van der Waals surface area contributed by atoms with Gasteiger partial charge in [-0.1, -0.05) is 5.16 Å². The SMILES string of the molecule is Cc1occc1-c1cc(NC(=O)N2CCC[C@H]2Cn2ccnc2)no1. The summed E-state index contributed by atoms with van der Waals surface area (Å²) in [6, 6.07) is 3.50. The zero-order chi connectivity index (χ0) is 17.2. The van der Waals surface area contributed by atoms with Crippen molar-refractivity contribution in [2.45, 2.75) is 32.4 Å². The molecule has 0 radical (unpaired) electrons. The third-order valence-corrected chi connectivity index (χ3v) is 4.49. The lowest BCUT2D eigenvalue weighted by Crippen LogP contribution is -2.40. The molecule has 0 aromatic carbocycles. The van der Waals surface area contributed by atoms with Gasteiger partial charge >= 0.3 is 6.03 Å². The minimum absolute atomic E-state index is 0.150. The van der Waals surface area contributed by atoms with Crippen LogP contribution in [-0.2, 0) is 6.54 Å². The van der Waals surface area contributed by atoms with Crippen LogP contribution in [0.4, 0.5) is 10.6 Å². The lowest BCUT2D eigenvalue weighted by Gasteiger charge is -2.24. The van der Waals surface area contributed by atoms with Crippen LogP contribution in [0.15, 0.2) is 46.1 Å². The van der Waals surface area contributed by atoms with Crippen LogP contribution in [0.2, 0.25) is 0 Å². The Labute approximate surface area is 144 Å². The molecule has 0 aliphatic carbocycles. The molecule has 0 bridgehead atoms. The Kier molecular flexibility index (Phi) is 4.01. The fourth-order valence-corrected chi connectivity index (χ4v) is 3.21. The first-order valence-corrected chi connectivity index (χ1v) is 8.25. The molecule has 25 heavy (non-hydrogen) atoms. The number of amides is 2. The second kappa shape index (κ2) is 6.46. The van der Waals surface area contributed by atoms with Gasteiger partial charge < -0.3 is 18.4 Å². The van der Waals surface area contributed by atoms with Crippen molar-refractivity contribution >= 4 is 11.8 Å². The molecule has 1 saturated heterocycles. The number of hydrogen-bond donors (Lipinski definition) is 1. The number of carbonyl (C=O) groups excluding carboxylic acids is 1. The molecule has 0 unspecified atom stereocenters. The topological polar surface area (TPSA) is 89.3 Å². The maximum Gasteiger partial charge on any atom is 0.323 e. The molecule has 3 aromatic heterocycles. The summed E-state index contributed by atoms with van der Waals surface area (Å²) in [6.07, 6.45) is 8.98. The Morgan fingerprint density at radius 1 is 1.48 bits per heavy atom.